The van der Waals surface area contributed by atoms with Crippen LogP contribution in [0.4, 0.5) is 0 Å². The molecular weight excluding hydrogens is 188 g/mol. The van der Waals surface area contributed by atoms with Gasteiger partial charge in [0.15, 0.2) is 0 Å². The molecule has 2 nitrogen and oxygen atoms in total. The topological polar surface area (TPSA) is 29.5 Å². The van der Waals surface area contributed by atoms with Crippen LogP contribution in [0.2, 0.25) is 0 Å². The van der Waals surface area contributed by atoms with Gasteiger partial charge in [-0.15, -0.1) is 0 Å². The first-order chi connectivity index (χ1) is 7.25. The fraction of sp³-hybridized carbons (Fsp3) is 0.385. The van der Waals surface area contributed by atoms with E-state index in [0.717, 1.165) is 17.7 Å². The highest BCUT2D eigenvalue weighted by Crippen LogP contribution is 2.17. The van der Waals surface area contributed by atoms with E-state index in [1.54, 1.807) is 0 Å². The third-order valence-corrected chi connectivity index (χ3v) is 2.61. The summed E-state index contributed by atoms with van der Waals surface area (Å²) in [7, 11) is 0. The quantitative estimate of drug-likeness (QED) is 0.818. The zero-order valence-corrected chi connectivity index (χ0v) is 8.94. The highest BCUT2D eigenvalue weighted by Gasteiger charge is 2.16. The van der Waals surface area contributed by atoms with Gasteiger partial charge in [-0.3, -0.25) is 0 Å². The molecule has 1 aromatic carbocycles. The molecular formula is C13H16O2. The lowest BCUT2D eigenvalue weighted by Crippen LogP contribution is -2.14. The molecule has 1 N–H and O–H groups in total. The molecule has 80 valence electrons. The fourth-order valence-electron chi connectivity index (χ4n) is 1.72. The van der Waals surface area contributed by atoms with Crippen molar-refractivity contribution < 1.29 is 9.84 Å². The van der Waals surface area contributed by atoms with Gasteiger partial charge in [-0.25, -0.2) is 0 Å². The molecule has 0 aliphatic carbocycles. The summed E-state index contributed by atoms with van der Waals surface area (Å²) in [4.78, 5) is 0. The molecule has 0 saturated carbocycles. The first kappa shape index (κ1) is 10.2. The molecule has 2 rings (SSSR count). The number of benzene rings is 1. The third-order valence-electron chi connectivity index (χ3n) is 2.61. The molecule has 0 spiro atoms. The fourth-order valence-corrected chi connectivity index (χ4v) is 1.72. The maximum atomic E-state index is 9.88. The van der Waals surface area contributed by atoms with Crippen molar-refractivity contribution in [1.82, 2.24) is 0 Å². The van der Waals surface area contributed by atoms with Gasteiger partial charge >= 0.3 is 0 Å². The number of ether oxygens (including phenoxy) is 1. The zero-order valence-electron chi connectivity index (χ0n) is 8.94. The van der Waals surface area contributed by atoms with E-state index in [1.165, 1.54) is 5.56 Å². The molecule has 0 amide bonds. The summed E-state index contributed by atoms with van der Waals surface area (Å²) in [6, 6.07) is 8.22. The third kappa shape index (κ3) is 2.60. The van der Waals surface area contributed by atoms with Crippen molar-refractivity contribution in [3.05, 3.63) is 47.2 Å². The van der Waals surface area contributed by atoms with E-state index < -0.39 is 6.10 Å². The van der Waals surface area contributed by atoms with Crippen LogP contribution in [0.15, 0.2) is 36.1 Å². The molecule has 15 heavy (non-hydrogen) atoms. The van der Waals surface area contributed by atoms with Crippen molar-refractivity contribution in [3.63, 3.8) is 0 Å². The maximum Gasteiger partial charge on any atom is 0.121 e. The molecule has 0 bridgehead atoms. The van der Waals surface area contributed by atoms with Crippen LogP contribution in [0, 0.1) is 6.92 Å². The molecule has 0 aromatic heterocycles. The monoisotopic (exact) mass is 204 g/mol. The Morgan fingerprint density at radius 1 is 1.33 bits per heavy atom. The average Bonchev–Trinajstić information content (AvgIpc) is 2.74. The van der Waals surface area contributed by atoms with E-state index in [1.807, 2.05) is 18.2 Å². The Bertz CT molecular complexity index is 351. The molecule has 1 aliphatic rings. The van der Waals surface area contributed by atoms with Gasteiger partial charge in [-0.2, -0.15) is 0 Å². The Morgan fingerprint density at radius 3 is 2.67 bits per heavy atom. The van der Waals surface area contributed by atoms with Gasteiger partial charge in [0.1, 0.15) is 11.9 Å². The van der Waals surface area contributed by atoms with Gasteiger partial charge in [-0.1, -0.05) is 29.8 Å². The van der Waals surface area contributed by atoms with Gasteiger partial charge < -0.3 is 9.84 Å². The summed E-state index contributed by atoms with van der Waals surface area (Å²) >= 11 is 0. The second kappa shape index (κ2) is 4.49. The first-order valence-electron chi connectivity index (χ1n) is 5.32. The van der Waals surface area contributed by atoms with Crippen LogP contribution in [0.25, 0.3) is 0 Å². The Kier molecular flexibility index (Phi) is 3.07. The van der Waals surface area contributed by atoms with Crippen molar-refractivity contribution in [2.24, 2.45) is 0 Å². The van der Waals surface area contributed by atoms with Gasteiger partial charge in [0.05, 0.1) is 6.61 Å². The number of aliphatic hydroxyl groups is 1. The van der Waals surface area contributed by atoms with Crippen LogP contribution in [0.5, 0.6) is 0 Å². The van der Waals surface area contributed by atoms with E-state index in [0.29, 0.717) is 13.0 Å². The minimum Gasteiger partial charge on any atom is -0.495 e. The van der Waals surface area contributed by atoms with Gasteiger partial charge in [0, 0.05) is 12.8 Å². The van der Waals surface area contributed by atoms with Gasteiger partial charge in [-0.05, 0) is 18.6 Å². The van der Waals surface area contributed by atoms with Gasteiger partial charge in [0.25, 0.3) is 0 Å². The molecule has 1 atom stereocenters. The Labute approximate surface area is 90.2 Å². The van der Waals surface area contributed by atoms with Crippen molar-refractivity contribution >= 4 is 0 Å². The first-order valence-corrected chi connectivity index (χ1v) is 5.32. The van der Waals surface area contributed by atoms with Crippen LogP contribution >= 0.6 is 0 Å². The second-order valence-electron chi connectivity index (χ2n) is 3.95. The number of hydrogen-bond donors (Lipinski definition) is 1. The summed E-state index contributed by atoms with van der Waals surface area (Å²) < 4.78 is 5.32. The number of aryl methyl sites for hydroxylation is 1. The molecule has 0 saturated heterocycles. The average molecular weight is 204 g/mol. The molecule has 2 heteroatoms. The standard InChI is InChI=1S/C13H16O2/c1-10-4-6-11(7-5-10)9-12(14)13-3-2-8-15-13/h3-7,12,14H,2,8-9H2,1H3. The summed E-state index contributed by atoms with van der Waals surface area (Å²) in [6.07, 6.45) is 3.03. The summed E-state index contributed by atoms with van der Waals surface area (Å²) in [5.41, 5.74) is 2.38. The number of rotatable bonds is 3. The zero-order chi connectivity index (χ0) is 10.7. The van der Waals surface area contributed by atoms with Crippen LogP contribution in [0.3, 0.4) is 0 Å². The second-order valence-corrected chi connectivity index (χ2v) is 3.95. The lowest BCUT2D eigenvalue weighted by atomic mass is 10.1. The normalized spacial score (nSPS) is 17.1. The van der Waals surface area contributed by atoms with Crippen molar-refractivity contribution in [2.75, 3.05) is 6.61 Å². The highest BCUT2D eigenvalue weighted by atomic mass is 16.5. The van der Waals surface area contributed by atoms with Gasteiger partial charge in [0.2, 0.25) is 0 Å². The molecule has 1 aromatic rings. The molecule has 0 fully saturated rings. The summed E-state index contributed by atoms with van der Waals surface area (Å²) in [5, 5.41) is 9.88. The van der Waals surface area contributed by atoms with Crippen molar-refractivity contribution in [3.8, 4) is 0 Å². The highest BCUT2D eigenvalue weighted by molar-refractivity contribution is 5.23. The van der Waals surface area contributed by atoms with Crippen molar-refractivity contribution in [2.45, 2.75) is 25.9 Å². The van der Waals surface area contributed by atoms with E-state index in [2.05, 4.69) is 19.1 Å². The largest absolute Gasteiger partial charge is 0.495 e. The maximum absolute atomic E-state index is 9.88. The summed E-state index contributed by atoms with van der Waals surface area (Å²) in [5.74, 6) is 0.732. The van der Waals surface area contributed by atoms with Crippen LogP contribution in [-0.2, 0) is 11.2 Å². The number of aliphatic hydroxyl groups excluding tert-OH is 1. The number of hydrogen-bond acceptors (Lipinski definition) is 2. The Morgan fingerprint density at radius 2 is 2.07 bits per heavy atom. The molecule has 1 unspecified atom stereocenters. The minimum atomic E-state index is -0.491. The lowest BCUT2D eigenvalue weighted by Gasteiger charge is -2.12. The van der Waals surface area contributed by atoms with Crippen LogP contribution in [0.1, 0.15) is 17.5 Å². The van der Waals surface area contributed by atoms with Crippen LogP contribution < -0.4 is 0 Å². The molecule has 0 radical (unpaired) electrons. The summed E-state index contributed by atoms with van der Waals surface area (Å²) in [6.45, 7) is 2.77. The molecule has 1 aliphatic heterocycles. The Hall–Kier alpha value is -1.28. The van der Waals surface area contributed by atoms with E-state index in [4.69, 9.17) is 4.74 Å². The van der Waals surface area contributed by atoms with E-state index in [-0.39, 0.29) is 0 Å². The molecule has 1 heterocycles. The van der Waals surface area contributed by atoms with E-state index in [9.17, 15) is 5.11 Å². The van der Waals surface area contributed by atoms with Crippen molar-refractivity contribution in [1.29, 1.82) is 0 Å². The Balaban J connectivity index is 1.99. The SMILES string of the molecule is Cc1ccc(CC(O)C2=CCCO2)cc1. The smallest absolute Gasteiger partial charge is 0.121 e. The predicted octanol–water partition coefficient (Wildman–Crippen LogP) is 2.20. The lowest BCUT2D eigenvalue weighted by molar-refractivity contribution is 0.118. The van der Waals surface area contributed by atoms with Crippen LogP contribution in [-0.4, -0.2) is 17.8 Å². The van der Waals surface area contributed by atoms with E-state index >= 15 is 0 Å². The predicted molar refractivity (Wildman–Crippen MR) is 59.5 cm³/mol. The minimum absolute atomic E-state index is 0.491.